The summed E-state index contributed by atoms with van der Waals surface area (Å²) < 4.78 is 0. The van der Waals surface area contributed by atoms with Gasteiger partial charge in [-0.2, -0.15) is 0 Å². The third-order valence-corrected chi connectivity index (χ3v) is 2.16. The molecule has 1 N–H and O–H groups in total. The standard InChI is InChI=1S/C11H24N2O/c1-5-7-8-12-11(14)13(9-6-2)10(3)4/h10H,5-9H2,1-4H3,(H,12,14). The molecule has 84 valence electrons. The Balaban J connectivity index is 3.89. The number of carbonyl (C=O) groups is 1. The van der Waals surface area contributed by atoms with Crippen molar-refractivity contribution >= 4 is 6.03 Å². The van der Waals surface area contributed by atoms with E-state index in [0.717, 1.165) is 32.4 Å². The molecule has 0 saturated heterocycles. The van der Waals surface area contributed by atoms with Crippen LogP contribution < -0.4 is 5.32 Å². The van der Waals surface area contributed by atoms with Gasteiger partial charge >= 0.3 is 6.03 Å². The zero-order valence-corrected chi connectivity index (χ0v) is 9.97. The van der Waals surface area contributed by atoms with E-state index in [2.05, 4.69) is 33.0 Å². The van der Waals surface area contributed by atoms with Gasteiger partial charge in [0.05, 0.1) is 0 Å². The molecular formula is C11H24N2O. The lowest BCUT2D eigenvalue weighted by Crippen LogP contribution is -2.44. The second-order valence-electron chi connectivity index (χ2n) is 3.87. The lowest BCUT2D eigenvalue weighted by atomic mass is 10.3. The van der Waals surface area contributed by atoms with Crippen LogP contribution in [-0.4, -0.2) is 30.1 Å². The molecule has 0 spiro atoms. The first-order chi connectivity index (χ1) is 6.63. The Morgan fingerprint density at radius 3 is 2.36 bits per heavy atom. The summed E-state index contributed by atoms with van der Waals surface area (Å²) >= 11 is 0. The maximum Gasteiger partial charge on any atom is 0.317 e. The van der Waals surface area contributed by atoms with Gasteiger partial charge in [-0.15, -0.1) is 0 Å². The van der Waals surface area contributed by atoms with Gasteiger partial charge in [0.15, 0.2) is 0 Å². The van der Waals surface area contributed by atoms with Crippen LogP contribution in [0.4, 0.5) is 4.79 Å². The van der Waals surface area contributed by atoms with Crippen molar-refractivity contribution in [2.75, 3.05) is 13.1 Å². The van der Waals surface area contributed by atoms with Gasteiger partial charge in [0, 0.05) is 19.1 Å². The first kappa shape index (κ1) is 13.3. The predicted molar refractivity (Wildman–Crippen MR) is 60.4 cm³/mol. The molecule has 3 nitrogen and oxygen atoms in total. The molecule has 0 atom stereocenters. The molecule has 3 heteroatoms. The number of carbonyl (C=O) groups excluding carboxylic acids is 1. The highest BCUT2D eigenvalue weighted by molar-refractivity contribution is 5.74. The summed E-state index contributed by atoms with van der Waals surface area (Å²) in [6.45, 7) is 9.95. The number of urea groups is 1. The van der Waals surface area contributed by atoms with Gasteiger partial charge in [-0.05, 0) is 26.7 Å². The van der Waals surface area contributed by atoms with Crippen molar-refractivity contribution in [2.45, 2.75) is 53.0 Å². The van der Waals surface area contributed by atoms with E-state index in [1.54, 1.807) is 0 Å². The first-order valence-electron chi connectivity index (χ1n) is 5.67. The lowest BCUT2D eigenvalue weighted by Gasteiger charge is -2.26. The third-order valence-electron chi connectivity index (χ3n) is 2.16. The van der Waals surface area contributed by atoms with Crippen molar-refractivity contribution in [3.05, 3.63) is 0 Å². The third kappa shape index (κ3) is 5.10. The zero-order valence-electron chi connectivity index (χ0n) is 9.97. The summed E-state index contributed by atoms with van der Waals surface area (Å²) in [5.41, 5.74) is 0. The van der Waals surface area contributed by atoms with Crippen molar-refractivity contribution in [3.8, 4) is 0 Å². The fourth-order valence-corrected chi connectivity index (χ4v) is 1.31. The molecule has 0 radical (unpaired) electrons. The van der Waals surface area contributed by atoms with E-state index in [1.165, 1.54) is 0 Å². The summed E-state index contributed by atoms with van der Waals surface area (Å²) in [4.78, 5) is 13.5. The van der Waals surface area contributed by atoms with E-state index in [-0.39, 0.29) is 12.1 Å². The second-order valence-corrected chi connectivity index (χ2v) is 3.87. The van der Waals surface area contributed by atoms with Crippen molar-refractivity contribution in [2.24, 2.45) is 0 Å². The first-order valence-corrected chi connectivity index (χ1v) is 5.67. The van der Waals surface area contributed by atoms with Crippen LogP contribution >= 0.6 is 0 Å². The minimum absolute atomic E-state index is 0.0790. The number of amides is 2. The van der Waals surface area contributed by atoms with Crippen LogP contribution in [0.25, 0.3) is 0 Å². The van der Waals surface area contributed by atoms with Crippen LogP contribution in [0.2, 0.25) is 0 Å². The molecule has 0 aromatic heterocycles. The highest BCUT2D eigenvalue weighted by Gasteiger charge is 2.14. The maximum absolute atomic E-state index is 11.7. The Morgan fingerprint density at radius 1 is 1.29 bits per heavy atom. The van der Waals surface area contributed by atoms with Gasteiger partial charge in [-0.25, -0.2) is 4.79 Å². The van der Waals surface area contributed by atoms with Gasteiger partial charge < -0.3 is 10.2 Å². The van der Waals surface area contributed by atoms with E-state index < -0.39 is 0 Å². The topological polar surface area (TPSA) is 32.3 Å². The molecule has 0 heterocycles. The smallest absolute Gasteiger partial charge is 0.317 e. The van der Waals surface area contributed by atoms with Crippen LogP contribution in [0.15, 0.2) is 0 Å². The van der Waals surface area contributed by atoms with E-state index in [0.29, 0.717) is 0 Å². The Kier molecular flexibility index (Phi) is 7.25. The summed E-state index contributed by atoms with van der Waals surface area (Å²) in [6.07, 6.45) is 3.19. The largest absolute Gasteiger partial charge is 0.338 e. The molecule has 0 rings (SSSR count). The number of hydrogen-bond acceptors (Lipinski definition) is 1. The fourth-order valence-electron chi connectivity index (χ4n) is 1.31. The molecule has 14 heavy (non-hydrogen) atoms. The van der Waals surface area contributed by atoms with Gasteiger partial charge in [0.2, 0.25) is 0 Å². The number of nitrogens with one attached hydrogen (secondary N) is 1. The highest BCUT2D eigenvalue weighted by atomic mass is 16.2. The Hall–Kier alpha value is -0.730. The second kappa shape index (κ2) is 7.65. The SMILES string of the molecule is CCCCNC(=O)N(CCC)C(C)C. The monoisotopic (exact) mass is 200 g/mol. The van der Waals surface area contributed by atoms with E-state index in [4.69, 9.17) is 0 Å². The minimum Gasteiger partial charge on any atom is -0.338 e. The molecule has 0 fully saturated rings. The van der Waals surface area contributed by atoms with Gasteiger partial charge in [-0.3, -0.25) is 0 Å². The maximum atomic E-state index is 11.7. The minimum atomic E-state index is 0.0790. The summed E-state index contributed by atoms with van der Waals surface area (Å²) in [6, 6.07) is 0.367. The molecule has 0 aliphatic rings. The normalized spacial score (nSPS) is 10.4. The van der Waals surface area contributed by atoms with Crippen LogP contribution in [0.1, 0.15) is 47.0 Å². The van der Waals surface area contributed by atoms with Crippen LogP contribution in [0, 0.1) is 0 Å². The molecule has 0 bridgehead atoms. The Morgan fingerprint density at radius 2 is 1.93 bits per heavy atom. The van der Waals surface area contributed by atoms with E-state index in [9.17, 15) is 4.79 Å². The average Bonchev–Trinajstić information content (AvgIpc) is 2.13. The van der Waals surface area contributed by atoms with Crippen molar-refractivity contribution in [1.29, 1.82) is 0 Å². The number of hydrogen-bond donors (Lipinski definition) is 1. The molecule has 0 aliphatic heterocycles. The number of rotatable bonds is 6. The van der Waals surface area contributed by atoms with Gasteiger partial charge in [-0.1, -0.05) is 20.3 Å². The number of nitrogens with zero attached hydrogens (tertiary/aromatic N) is 1. The quantitative estimate of drug-likeness (QED) is 0.657. The van der Waals surface area contributed by atoms with Crippen LogP contribution in [-0.2, 0) is 0 Å². The van der Waals surface area contributed by atoms with Gasteiger partial charge in [0.1, 0.15) is 0 Å². The molecule has 0 aliphatic carbocycles. The number of unbranched alkanes of at least 4 members (excludes halogenated alkanes) is 1. The summed E-state index contributed by atoms with van der Waals surface area (Å²) in [5.74, 6) is 0. The average molecular weight is 200 g/mol. The zero-order chi connectivity index (χ0) is 11.0. The molecule has 0 saturated carbocycles. The molecular weight excluding hydrogens is 176 g/mol. The molecule has 0 aromatic carbocycles. The lowest BCUT2D eigenvalue weighted by molar-refractivity contribution is 0.183. The van der Waals surface area contributed by atoms with Crippen LogP contribution in [0.3, 0.4) is 0 Å². The Labute approximate surface area is 87.9 Å². The van der Waals surface area contributed by atoms with Gasteiger partial charge in [0.25, 0.3) is 0 Å². The van der Waals surface area contributed by atoms with Crippen molar-refractivity contribution in [1.82, 2.24) is 10.2 Å². The van der Waals surface area contributed by atoms with E-state index >= 15 is 0 Å². The fraction of sp³-hybridized carbons (Fsp3) is 0.909. The van der Waals surface area contributed by atoms with Crippen LogP contribution in [0.5, 0.6) is 0 Å². The van der Waals surface area contributed by atoms with E-state index in [1.807, 2.05) is 4.90 Å². The summed E-state index contributed by atoms with van der Waals surface area (Å²) in [7, 11) is 0. The highest BCUT2D eigenvalue weighted by Crippen LogP contribution is 2.00. The van der Waals surface area contributed by atoms with Crippen molar-refractivity contribution in [3.63, 3.8) is 0 Å². The molecule has 2 amide bonds. The van der Waals surface area contributed by atoms with Crippen molar-refractivity contribution < 1.29 is 4.79 Å². The molecule has 0 aromatic rings. The molecule has 0 unspecified atom stereocenters. The Bertz CT molecular complexity index is 157. The predicted octanol–water partition coefficient (Wildman–Crippen LogP) is 2.62. The summed E-state index contributed by atoms with van der Waals surface area (Å²) in [5, 5.41) is 2.94.